The van der Waals surface area contributed by atoms with Crippen LogP contribution in [0.15, 0.2) is 58.3 Å². The predicted octanol–water partition coefficient (Wildman–Crippen LogP) is 5.31. The van der Waals surface area contributed by atoms with Crippen LogP contribution >= 0.6 is 11.3 Å². The zero-order chi connectivity index (χ0) is 21.0. The molecule has 6 nitrogen and oxygen atoms in total. The van der Waals surface area contributed by atoms with Gasteiger partial charge in [-0.25, -0.2) is 4.98 Å². The Bertz CT molecular complexity index is 1200. The topological polar surface area (TPSA) is 80.9 Å². The maximum Gasteiger partial charge on any atom is 0.247 e. The van der Waals surface area contributed by atoms with E-state index in [2.05, 4.69) is 38.7 Å². The van der Waals surface area contributed by atoms with Gasteiger partial charge in [0.15, 0.2) is 5.13 Å². The summed E-state index contributed by atoms with van der Waals surface area (Å²) in [5, 5.41) is 13.6. The van der Waals surface area contributed by atoms with Gasteiger partial charge in [0, 0.05) is 29.3 Å². The van der Waals surface area contributed by atoms with E-state index in [1.54, 1.807) is 0 Å². The maximum atomic E-state index is 12.4. The van der Waals surface area contributed by atoms with Crippen LogP contribution in [0.5, 0.6) is 0 Å². The number of hydrogen-bond acceptors (Lipinski definition) is 6. The van der Waals surface area contributed by atoms with Gasteiger partial charge < -0.3 is 9.73 Å². The third kappa shape index (κ3) is 4.56. The van der Waals surface area contributed by atoms with Crippen LogP contribution in [-0.2, 0) is 24.1 Å². The van der Waals surface area contributed by atoms with Crippen LogP contribution in [0.4, 0.5) is 5.13 Å². The monoisotopic (exact) mass is 430 g/mol. The third-order valence-electron chi connectivity index (χ3n) is 5.45. The molecule has 0 bridgehead atoms. The standard InChI is InChI=1S/C24H22N4O2S/c29-21(12-13-22-27-28-23(30-22)17-7-2-1-3-8-17)26-24-25-20(15-31-24)19-11-10-16-6-4-5-9-18(16)14-19/h1-3,7-8,10-11,14-15H,4-6,9,12-13H2,(H,25,26,29). The van der Waals surface area contributed by atoms with Crippen molar-refractivity contribution in [2.75, 3.05) is 5.32 Å². The minimum Gasteiger partial charge on any atom is -0.421 e. The highest BCUT2D eigenvalue weighted by molar-refractivity contribution is 7.14. The zero-order valence-corrected chi connectivity index (χ0v) is 17.8. The molecule has 0 fully saturated rings. The van der Waals surface area contributed by atoms with Gasteiger partial charge >= 0.3 is 0 Å². The SMILES string of the molecule is O=C(CCc1nnc(-c2ccccc2)o1)Nc1nc(-c2ccc3c(c2)CCCC3)cs1. The van der Waals surface area contributed by atoms with E-state index in [0.717, 1.165) is 23.2 Å². The van der Waals surface area contributed by atoms with Gasteiger partial charge in [0.2, 0.25) is 17.7 Å². The van der Waals surface area contributed by atoms with Crippen LogP contribution in [0.2, 0.25) is 0 Å². The number of nitrogens with one attached hydrogen (secondary N) is 1. The number of nitrogens with zero attached hydrogens (tertiary/aromatic N) is 3. The number of hydrogen-bond donors (Lipinski definition) is 1. The molecule has 2 aromatic carbocycles. The first-order valence-corrected chi connectivity index (χ1v) is 11.4. The summed E-state index contributed by atoms with van der Waals surface area (Å²) < 4.78 is 5.66. The summed E-state index contributed by atoms with van der Waals surface area (Å²) in [6, 6.07) is 16.2. The Kier molecular flexibility index (Phi) is 5.58. The van der Waals surface area contributed by atoms with Gasteiger partial charge in [0.05, 0.1) is 5.69 Å². The summed E-state index contributed by atoms with van der Waals surface area (Å²) in [4.78, 5) is 17.0. The van der Waals surface area contributed by atoms with Crippen LogP contribution in [0, 0.1) is 0 Å². The van der Waals surface area contributed by atoms with Crippen LogP contribution in [0.1, 0.15) is 36.3 Å². The third-order valence-corrected chi connectivity index (χ3v) is 6.21. The number of aryl methyl sites for hydroxylation is 3. The van der Waals surface area contributed by atoms with E-state index < -0.39 is 0 Å². The number of carbonyl (C=O) groups excluding carboxylic acids is 1. The van der Waals surface area contributed by atoms with Crippen LogP contribution in [-0.4, -0.2) is 21.1 Å². The summed E-state index contributed by atoms with van der Waals surface area (Å²) in [6.07, 6.45) is 5.47. The quantitative estimate of drug-likeness (QED) is 0.448. The van der Waals surface area contributed by atoms with Crippen molar-refractivity contribution in [3.8, 4) is 22.7 Å². The molecule has 5 rings (SSSR count). The van der Waals surface area contributed by atoms with Gasteiger partial charge in [-0.3, -0.25) is 4.79 Å². The van der Waals surface area contributed by atoms with Crippen LogP contribution < -0.4 is 5.32 Å². The molecular formula is C24H22N4O2S. The van der Waals surface area contributed by atoms with E-state index in [0.29, 0.717) is 23.3 Å². The summed E-state index contributed by atoms with van der Waals surface area (Å²) in [5.41, 5.74) is 5.75. The fourth-order valence-corrected chi connectivity index (χ4v) is 4.55. The molecule has 2 aromatic heterocycles. The predicted molar refractivity (Wildman–Crippen MR) is 121 cm³/mol. The number of aromatic nitrogens is 3. The van der Waals surface area contributed by atoms with Crippen molar-refractivity contribution in [1.82, 2.24) is 15.2 Å². The zero-order valence-electron chi connectivity index (χ0n) is 17.0. The molecule has 0 radical (unpaired) electrons. The molecular weight excluding hydrogens is 408 g/mol. The Labute approximate surface area is 184 Å². The molecule has 1 N–H and O–H groups in total. The lowest BCUT2D eigenvalue weighted by molar-refractivity contribution is -0.116. The first kappa shape index (κ1) is 19.6. The second kappa shape index (κ2) is 8.81. The van der Waals surface area contributed by atoms with Crippen molar-refractivity contribution in [2.45, 2.75) is 38.5 Å². The average molecular weight is 431 g/mol. The second-order valence-electron chi connectivity index (χ2n) is 7.64. The first-order valence-electron chi connectivity index (χ1n) is 10.5. The lowest BCUT2D eigenvalue weighted by Gasteiger charge is -2.16. The molecule has 31 heavy (non-hydrogen) atoms. The van der Waals surface area contributed by atoms with Gasteiger partial charge in [-0.15, -0.1) is 21.5 Å². The van der Waals surface area contributed by atoms with Gasteiger partial charge in [-0.05, 0) is 55.0 Å². The van der Waals surface area contributed by atoms with Crippen molar-refractivity contribution in [3.63, 3.8) is 0 Å². The molecule has 0 saturated heterocycles. The van der Waals surface area contributed by atoms with Crippen LogP contribution in [0.3, 0.4) is 0 Å². The van der Waals surface area contributed by atoms with E-state index in [1.807, 2.05) is 35.7 Å². The smallest absolute Gasteiger partial charge is 0.247 e. The Morgan fingerprint density at radius 2 is 1.84 bits per heavy atom. The normalized spacial score (nSPS) is 13.0. The molecule has 0 atom stereocenters. The number of benzene rings is 2. The van der Waals surface area contributed by atoms with Crippen molar-refractivity contribution < 1.29 is 9.21 Å². The van der Waals surface area contributed by atoms with E-state index >= 15 is 0 Å². The summed E-state index contributed by atoms with van der Waals surface area (Å²) in [7, 11) is 0. The van der Waals surface area contributed by atoms with Crippen molar-refractivity contribution in [2.24, 2.45) is 0 Å². The largest absolute Gasteiger partial charge is 0.421 e. The number of anilines is 1. The fourth-order valence-electron chi connectivity index (χ4n) is 3.81. The molecule has 0 unspecified atom stereocenters. The Hall–Kier alpha value is -3.32. The van der Waals surface area contributed by atoms with Crippen molar-refractivity contribution in [1.29, 1.82) is 0 Å². The number of amides is 1. The Morgan fingerprint density at radius 1 is 1.00 bits per heavy atom. The Balaban J connectivity index is 1.18. The number of fused-ring (bicyclic) bond motifs is 1. The number of rotatable bonds is 6. The number of carbonyl (C=O) groups is 1. The van der Waals surface area contributed by atoms with Gasteiger partial charge in [0.25, 0.3) is 0 Å². The molecule has 0 spiro atoms. The average Bonchev–Trinajstić information content (AvgIpc) is 3.48. The van der Waals surface area contributed by atoms with Crippen LogP contribution in [0.25, 0.3) is 22.7 Å². The second-order valence-corrected chi connectivity index (χ2v) is 8.50. The minimum atomic E-state index is -0.120. The highest BCUT2D eigenvalue weighted by Crippen LogP contribution is 2.29. The molecule has 1 amide bonds. The number of thiazole rings is 1. The van der Waals surface area contributed by atoms with E-state index in [1.165, 1.54) is 41.7 Å². The van der Waals surface area contributed by atoms with Gasteiger partial charge in [-0.2, -0.15) is 0 Å². The summed E-state index contributed by atoms with van der Waals surface area (Å²) in [5.74, 6) is 0.791. The molecule has 0 aliphatic heterocycles. The van der Waals surface area contributed by atoms with Crippen molar-refractivity contribution in [3.05, 3.63) is 70.9 Å². The molecule has 1 aliphatic carbocycles. The molecule has 156 valence electrons. The first-order chi connectivity index (χ1) is 15.2. The van der Waals surface area contributed by atoms with Crippen molar-refractivity contribution >= 4 is 22.4 Å². The molecule has 0 saturated carbocycles. The maximum absolute atomic E-state index is 12.4. The van der Waals surface area contributed by atoms with E-state index in [-0.39, 0.29) is 12.3 Å². The van der Waals surface area contributed by atoms with E-state index in [4.69, 9.17) is 4.42 Å². The lowest BCUT2D eigenvalue weighted by atomic mass is 9.90. The Morgan fingerprint density at radius 3 is 2.71 bits per heavy atom. The van der Waals surface area contributed by atoms with Gasteiger partial charge in [0.1, 0.15) is 0 Å². The minimum absolute atomic E-state index is 0.120. The molecule has 1 aliphatic rings. The summed E-state index contributed by atoms with van der Waals surface area (Å²) in [6.45, 7) is 0. The highest BCUT2D eigenvalue weighted by Gasteiger charge is 2.14. The molecule has 7 heteroatoms. The highest BCUT2D eigenvalue weighted by atomic mass is 32.1. The fraction of sp³-hybridized carbons (Fsp3) is 0.250. The van der Waals surface area contributed by atoms with E-state index in [9.17, 15) is 4.79 Å². The van der Waals surface area contributed by atoms with Gasteiger partial charge in [-0.1, -0.05) is 30.3 Å². The summed E-state index contributed by atoms with van der Waals surface area (Å²) >= 11 is 1.44. The lowest BCUT2D eigenvalue weighted by Crippen LogP contribution is -2.12. The molecule has 2 heterocycles. The molecule has 4 aromatic rings.